The van der Waals surface area contributed by atoms with Gasteiger partial charge in [-0.1, -0.05) is 164 Å². The molecule has 11 aromatic carbocycles. The second-order valence-electron chi connectivity index (χ2n) is 19.1. The third kappa shape index (κ3) is 5.07. The molecule has 4 nitrogen and oxygen atoms in total. The monoisotopic (exact) mass is 903 g/mol. The molecular weight excluding hydrogens is 863 g/mol. The van der Waals surface area contributed by atoms with E-state index in [0.29, 0.717) is 0 Å². The maximum absolute atomic E-state index is 6.81. The summed E-state index contributed by atoms with van der Waals surface area (Å²) in [4.78, 5) is 2.52. The fraction of sp³-hybridized carbons (Fsp3) is 0.0149. The third-order valence-corrected chi connectivity index (χ3v) is 15.7. The summed E-state index contributed by atoms with van der Waals surface area (Å²) in [6.07, 6.45) is 0. The number of hydrogen-bond donors (Lipinski definition) is 0. The number of furan rings is 1. The molecule has 0 atom stereocenters. The number of para-hydroxylation sites is 4. The van der Waals surface area contributed by atoms with Crippen molar-refractivity contribution in [3.05, 3.63) is 271 Å². The molecule has 0 saturated carbocycles. The van der Waals surface area contributed by atoms with Crippen molar-refractivity contribution in [2.75, 3.05) is 4.90 Å². The average Bonchev–Trinajstić information content (AvgIpc) is 4.22. The molecule has 2 aliphatic carbocycles. The third-order valence-electron chi connectivity index (χ3n) is 15.7. The zero-order valence-electron chi connectivity index (χ0n) is 38.4. The maximum atomic E-state index is 6.81. The van der Waals surface area contributed by atoms with Gasteiger partial charge in [0.2, 0.25) is 0 Å². The van der Waals surface area contributed by atoms with E-state index in [-0.39, 0.29) is 0 Å². The number of fused-ring (bicyclic) bond motifs is 20. The molecule has 0 bridgehead atoms. The zero-order valence-corrected chi connectivity index (χ0v) is 38.4. The van der Waals surface area contributed by atoms with Crippen LogP contribution in [0.15, 0.2) is 253 Å². The van der Waals surface area contributed by atoms with Crippen LogP contribution in [-0.4, -0.2) is 9.13 Å². The quantitative estimate of drug-likeness (QED) is 0.172. The zero-order chi connectivity index (χ0) is 46.4. The molecule has 0 fully saturated rings. The summed E-state index contributed by atoms with van der Waals surface area (Å²) in [5, 5.41) is 6.93. The van der Waals surface area contributed by atoms with Crippen LogP contribution in [0.1, 0.15) is 22.3 Å². The molecule has 71 heavy (non-hydrogen) atoms. The number of hydrogen-bond acceptors (Lipinski definition) is 2. The van der Waals surface area contributed by atoms with Gasteiger partial charge in [-0.15, -0.1) is 0 Å². The van der Waals surface area contributed by atoms with Gasteiger partial charge in [-0.05, 0) is 124 Å². The summed E-state index contributed by atoms with van der Waals surface area (Å²) in [5.41, 5.74) is 21.7. The molecule has 0 amide bonds. The average molecular weight is 904 g/mol. The lowest BCUT2D eigenvalue weighted by Gasteiger charge is -2.32. The van der Waals surface area contributed by atoms with Gasteiger partial charge in [0.15, 0.2) is 0 Å². The van der Waals surface area contributed by atoms with Gasteiger partial charge < -0.3 is 18.5 Å². The van der Waals surface area contributed by atoms with E-state index in [2.05, 4.69) is 263 Å². The second kappa shape index (κ2) is 14.3. The second-order valence-corrected chi connectivity index (χ2v) is 19.1. The minimum absolute atomic E-state index is 0.494. The highest BCUT2D eigenvalue weighted by Gasteiger charge is 2.52. The Morgan fingerprint density at radius 3 is 1.55 bits per heavy atom. The van der Waals surface area contributed by atoms with Gasteiger partial charge in [0.1, 0.15) is 11.2 Å². The van der Waals surface area contributed by atoms with Crippen LogP contribution in [0.5, 0.6) is 0 Å². The van der Waals surface area contributed by atoms with Crippen LogP contribution in [0, 0.1) is 0 Å². The Bertz CT molecular complexity index is 4490. The van der Waals surface area contributed by atoms with Gasteiger partial charge in [0, 0.05) is 55.2 Å². The molecule has 1 spiro atoms. The first kappa shape index (κ1) is 38.6. The highest BCUT2D eigenvalue weighted by Crippen LogP contribution is 2.65. The number of nitrogens with zero attached hydrogens (tertiary/aromatic N) is 3. The van der Waals surface area contributed by atoms with Crippen molar-refractivity contribution in [1.29, 1.82) is 0 Å². The van der Waals surface area contributed by atoms with Crippen molar-refractivity contribution in [1.82, 2.24) is 9.13 Å². The van der Waals surface area contributed by atoms with Crippen molar-refractivity contribution in [2.45, 2.75) is 5.41 Å². The Balaban J connectivity index is 1.03. The molecule has 0 N–H and O–H groups in total. The molecule has 3 heterocycles. The van der Waals surface area contributed by atoms with Crippen LogP contribution in [0.4, 0.5) is 17.1 Å². The first-order valence-corrected chi connectivity index (χ1v) is 24.5. The van der Waals surface area contributed by atoms with Gasteiger partial charge in [0.25, 0.3) is 0 Å². The molecule has 0 unspecified atom stereocenters. The fourth-order valence-corrected chi connectivity index (χ4v) is 13.0. The smallest absolute Gasteiger partial charge is 0.145 e. The number of benzene rings is 11. The molecule has 0 aliphatic heterocycles. The number of anilines is 3. The maximum Gasteiger partial charge on any atom is 0.145 e. The normalized spacial score (nSPS) is 13.2. The summed E-state index contributed by atoms with van der Waals surface area (Å²) in [6.45, 7) is 0. The van der Waals surface area contributed by atoms with E-state index in [1.807, 2.05) is 0 Å². The minimum Gasteiger partial charge on any atom is -0.455 e. The van der Waals surface area contributed by atoms with E-state index in [9.17, 15) is 0 Å². The van der Waals surface area contributed by atoms with Gasteiger partial charge in [-0.3, -0.25) is 0 Å². The van der Waals surface area contributed by atoms with Crippen LogP contribution in [-0.2, 0) is 5.41 Å². The molecule has 3 aromatic heterocycles. The lowest BCUT2D eigenvalue weighted by Crippen LogP contribution is -2.26. The van der Waals surface area contributed by atoms with Crippen molar-refractivity contribution < 1.29 is 4.42 Å². The summed E-state index contributed by atoms with van der Waals surface area (Å²) in [5.74, 6) is 0. The Labute approximate surface area is 409 Å². The van der Waals surface area contributed by atoms with Gasteiger partial charge >= 0.3 is 0 Å². The van der Waals surface area contributed by atoms with Gasteiger partial charge in [0.05, 0.1) is 38.6 Å². The minimum atomic E-state index is -0.494. The standard InChI is InChI=1S/C67H41N3O/c1-3-18-42(19-4-1)69-58-31-15-10-24-48(58)49-36-34-44(40-61(49)69)68(59-32-17-30-57-64(59)52-26-9-14-29-56(52)67(57)54-27-12-7-22-46(54)47-23-8-13-28-55(47)67)45-35-37-53-62(41-45)70(43-20-5-2-6-21-43)60-39-38-51-50-25-11-16-33-63(50)71-66(51)65(53)60/h1-41H. The fourth-order valence-electron chi connectivity index (χ4n) is 13.0. The Morgan fingerprint density at radius 2 is 0.845 bits per heavy atom. The lowest BCUT2D eigenvalue weighted by atomic mass is 9.70. The Kier molecular flexibility index (Phi) is 7.79. The van der Waals surface area contributed by atoms with E-state index in [1.165, 1.54) is 60.8 Å². The summed E-state index contributed by atoms with van der Waals surface area (Å²) in [6, 6.07) is 91.7. The van der Waals surface area contributed by atoms with Crippen LogP contribution >= 0.6 is 0 Å². The molecule has 0 saturated heterocycles. The summed E-state index contributed by atoms with van der Waals surface area (Å²) >= 11 is 0. The number of rotatable bonds is 5. The Morgan fingerprint density at radius 1 is 0.338 bits per heavy atom. The van der Waals surface area contributed by atoms with Crippen molar-refractivity contribution in [3.8, 4) is 33.6 Å². The topological polar surface area (TPSA) is 26.2 Å². The van der Waals surface area contributed by atoms with E-state index >= 15 is 0 Å². The van der Waals surface area contributed by atoms with Crippen molar-refractivity contribution in [2.24, 2.45) is 0 Å². The van der Waals surface area contributed by atoms with E-state index in [4.69, 9.17) is 4.42 Å². The largest absolute Gasteiger partial charge is 0.455 e. The molecule has 4 heteroatoms. The SMILES string of the molecule is c1ccc(-n2c3ccccc3c3ccc(N(c4ccc5c6c7oc8ccccc8c7ccc6n(-c6ccccc6)c5c4)c4cccc5c4-c4ccccc4C54c5ccccc5-c5ccccc54)cc32)cc1. The highest BCUT2D eigenvalue weighted by atomic mass is 16.3. The van der Waals surface area contributed by atoms with Crippen LogP contribution < -0.4 is 4.90 Å². The number of aromatic nitrogens is 2. The molecular formula is C67H41N3O. The first-order valence-electron chi connectivity index (χ1n) is 24.5. The summed E-state index contributed by atoms with van der Waals surface area (Å²) in [7, 11) is 0. The predicted octanol–water partition coefficient (Wildman–Crippen LogP) is 17.6. The van der Waals surface area contributed by atoms with Crippen LogP contribution in [0.3, 0.4) is 0 Å². The molecule has 330 valence electrons. The van der Waals surface area contributed by atoms with Crippen LogP contribution in [0.2, 0.25) is 0 Å². The van der Waals surface area contributed by atoms with Gasteiger partial charge in [-0.2, -0.15) is 0 Å². The van der Waals surface area contributed by atoms with Gasteiger partial charge in [-0.25, -0.2) is 0 Å². The van der Waals surface area contributed by atoms with E-state index in [1.54, 1.807) is 0 Å². The van der Waals surface area contributed by atoms with E-state index in [0.717, 1.165) is 77.7 Å². The van der Waals surface area contributed by atoms with Crippen molar-refractivity contribution in [3.63, 3.8) is 0 Å². The highest BCUT2D eigenvalue weighted by molar-refractivity contribution is 6.24. The van der Waals surface area contributed by atoms with E-state index < -0.39 is 5.41 Å². The first-order chi connectivity index (χ1) is 35.3. The molecule has 0 radical (unpaired) electrons. The molecule has 16 rings (SSSR count). The van der Waals surface area contributed by atoms with Crippen molar-refractivity contribution >= 4 is 82.6 Å². The molecule has 2 aliphatic rings. The predicted molar refractivity (Wildman–Crippen MR) is 293 cm³/mol. The van der Waals surface area contributed by atoms with Crippen LogP contribution in [0.25, 0.3) is 99.2 Å². The lowest BCUT2D eigenvalue weighted by molar-refractivity contribution is 0.673. The molecule has 14 aromatic rings. The summed E-state index contributed by atoms with van der Waals surface area (Å²) < 4.78 is 11.6. The Hall–Kier alpha value is -9.38.